The molecule has 0 atom stereocenters. The van der Waals surface area contributed by atoms with Gasteiger partial charge in [-0.1, -0.05) is 23.5 Å². The van der Waals surface area contributed by atoms with E-state index in [9.17, 15) is 19.3 Å². The van der Waals surface area contributed by atoms with Crippen molar-refractivity contribution in [3.8, 4) is 0 Å². The fraction of sp³-hybridized carbons (Fsp3) is 0.0526. The normalized spacial score (nSPS) is 10.9. The number of nitrogens with zero attached hydrogens (tertiary/aromatic N) is 3. The first kappa shape index (κ1) is 17.8. The van der Waals surface area contributed by atoms with Crippen molar-refractivity contribution in [2.45, 2.75) is 6.54 Å². The maximum atomic E-state index is 14.1. The molecular formula is C19H12FN3O4S. The number of anilines is 1. The van der Waals surface area contributed by atoms with Crippen molar-refractivity contribution in [3.63, 3.8) is 0 Å². The van der Waals surface area contributed by atoms with Gasteiger partial charge in [0, 0.05) is 17.7 Å². The first-order valence-corrected chi connectivity index (χ1v) is 8.98. The number of para-hydroxylation sites is 1. The predicted octanol–water partition coefficient (Wildman–Crippen LogP) is 4.78. The monoisotopic (exact) mass is 397 g/mol. The number of carbonyl (C=O) groups excluding carboxylic acids is 1. The molecular weight excluding hydrogens is 385 g/mol. The van der Waals surface area contributed by atoms with Gasteiger partial charge >= 0.3 is 0 Å². The van der Waals surface area contributed by atoms with E-state index >= 15 is 0 Å². The number of carbonyl (C=O) groups is 1. The number of furan rings is 1. The van der Waals surface area contributed by atoms with E-state index in [1.54, 1.807) is 24.3 Å². The Labute approximate surface area is 161 Å². The number of hydrogen-bond donors (Lipinski definition) is 0. The molecule has 4 rings (SSSR count). The van der Waals surface area contributed by atoms with Crippen LogP contribution in [0, 0.1) is 15.9 Å². The molecule has 0 saturated carbocycles. The first-order valence-electron chi connectivity index (χ1n) is 8.16. The van der Waals surface area contributed by atoms with Gasteiger partial charge in [0.25, 0.3) is 11.6 Å². The number of thiazole rings is 1. The third-order valence-corrected chi connectivity index (χ3v) is 5.08. The largest absolute Gasteiger partial charge is 0.467 e. The SMILES string of the molecule is O=C(c1cccc([N+](=O)[O-])c1)N(Cc1ccco1)c1nc2c(F)cccc2s1. The molecule has 2 aromatic heterocycles. The van der Waals surface area contributed by atoms with E-state index in [0.717, 1.165) is 11.3 Å². The van der Waals surface area contributed by atoms with Crippen LogP contribution >= 0.6 is 11.3 Å². The van der Waals surface area contributed by atoms with Crippen molar-refractivity contribution < 1.29 is 18.5 Å². The molecule has 0 fully saturated rings. The van der Waals surface area contributed by atoms with Gasteiger partial charge in [0.05, 0.1) is 22.4 Å². The molecule has 0 unspecified atom stereocenters. The summed E-state index contributed by atoms with van der Waals surface area (Å²) >= 11 is 1.15. The minimum atomic E-state index is -0.569. The summed E-state index contributed by atoms with van der Waals surface area (Å²) in [5.41, 5.74) is 0.0958. The summed E-state index contributed by atoms with van der Waals surface area (Å²) in [7, 11) is 0. The van der Waals surface area contributed by atoms with E-state index < -0.39 is 16.6 Å². The van der Waals surface area contributed by atoms with Crippen LogP contribution in [-0.2, 0) is 6.54 Å². The Morgan fingerprint density at radius 2 is 2.04 bits per heavy atom. The number of amides is 1. The lowest BCUT2D eigenvalue weighted by Crippen LogP contribution is -2.30. The Morgan fingerprint density at radius 1 is 1.21 bits per heavy atom. The van der Waals surface area contributed by atoms with Crippen molar-refractivity contribution in [2.24, 2.45) is 0 Å². The van der Waals surface area contributed by atoms with Crippen LogP contribution in [0.25, 0.3) is 10.2 Å². The molecule has 140 valence electrons. The standard InChI is InChI=1S/C19H12FN3O4S/c20-15-7-2-8-16-17(15)21-19(28-16)22(11-14-6-3-9-27-14)18(24)12-4-1-5-13(10-12)23(25)26/h1-10H,11H2. The molecule has 9 heteroatoms. The van der Waals surface area contributed by atoms with Gasteiger partial charge in [-0.2, -0.15) is 0 Å². The molecule has 0 radical (unpaired) electrons. The molecule has 0 aliphatic carbocycles. The fourth-order valence-corrected chi connectivity index (χ4v) is 3.69. The number of nitro groups is 1. The highest BCUT2D eigenvalue weighted by Crippen LogP contribution is 2.32. The molecule has 0 N–H and O–H groups in total. The zero-order valence-electron chi connectivity index (χ0n) is 14.2. The summed E-state index contributed by atoms with van der Waals surface area (Å²) in [6.07, 6.45) is 1.48. The summed E-state index contributed by atoms with van der Waals surface area (Å²) in [6.45, 7) is 0.0516. The summed E-state index contributed by atoms with van der Waals surface area (Å²) in [5, 5.41) is 11.3. The van der Waals surface area contributed by atoms with Gasteiger partial charge in [0.1, 0.15) is 17.1 Å². The Morgan fingerprint density at radius 3 is 2.75 bits per heavy atom. The Bertz CT molecular complexity index is 1170. The summed E-state index contributed by atoms with van der Waals surface area (Å²) in [6, 6.07) is 13.4. The van der Waals surface area contributed by atoms with Crippen molar-refractivity contribution in [3.05, 3.63) is 88.1 Å². The number of hydrogen-bond acceptors (Lipinski definition) is 6. The molecule has 0 aliphatic heterocycles. The highest BCUT2D eigenvalue weighted by atomic mass is 32.1. The number of aromatic nitrogens is 1. The van der Waals surface area contributed by atoms with Crippen LogP contribution in [0.3, 0.4) is 0 Å². The van der Waals surface area contributed by atoms with Gasteiger partial charge in [-0.3, -0.25) is 19.8 Å². The quantitative estimate of drug-likeness (QED) is 0.357. The van der Waals surface area contributed by atoms with E-state index in [-0.39, 0.29) is 28.4 Å². The van der Waals surface area contributed by atoms with Crippen molar-refractivity contribution in [2.75, 3.05) is 4.90 Å². The topological polar surface area (TPSA) is 89.5 Å². The van der Waals surface area contributed by atoms with E-state index in [1.165, 1.54) is 41.5 Å². The zero-order valence-corrected chi connectivity index (χ0v) is 15.1. The lowest BCUT2D eigenvalue weighted by atomic mass is 10.2. The number of benzene rings is 2. The van der Waals surface area contributed by atoms with Crippen LogP contribution in [0.5, 0.6) is 0 Å². The maximum absolute atomic E-state index is 14.1. The van der Waals surface area contributed by atoms with Crippen molar-refractivity contribution in [1.82, 2.24) is 4.98 Å². The molecule has 28 heavy (non-hydrogen) atoms. The van der Waals surface area contributed by atoms with Crippen LogP contribution in [0.1, 0.15) is 16.1 Å². The van der Waals surface area contributed by atoms with Gasteiger partial charge in [-0.05, 0) is 30.3 Å². The smallest absolute Gasteiger partial charge is 0.270 e. The number of rotatable bonds is 5. The molecule has 2 aromatic carbocycles. The van der Waals surface area contributed by atoms with Crippen molar-refractivity contribution in [1.29, 1.82) is 0 Å². The second-order valence-corrected chi connectivity index (χ2v) is 6.87. The third kappa shape index (κ3) is 3.35. The lowest BCUT2D eigenvalue weighted by molar-refractivity contribution is -0.384. The molecule has 0 bridgehead atoms. The van der Waals surface area contributed by atoms with Crippen LogP contribution in [0.15, 0.2) is 65.3 Å². The van der Waals surface area contributed by atoms with Gasteiger partial charge in [0.15, 0.2) is 5.13 Å². The highest BCUT2D eigenvalue weighted by molar-refractivity contribution is 7.22. The first-order chi connectivity index (χ1) is 13.5. The highest BCUT2D eigenvalue weighted by Gasteiger charge is 2.24. The zero-order chi connectivity index (χ0) is 19.7. The lowest BCUT2D eigenvalue weighted by Gasteiger charge is -2.18. The molecule has 1 amide bonds. The van der Waals surface area contributed by atoms with Gasteiger partial charge in [-0.25, -0.2) is 9.37 Å². The Balaban J connectivity index is 1.78. The number of nitro benzene ring substituents is 1. The van der Waals surface area contributed by atoms with Gasteiger partial charge < -0.3 is 4.42 Å². The minimum Gasteiger partial charge on any atom is -0.467 e. The van der Waals surface area contributed by atoms with E-state index in [4.69, 9.17) is 4.42 Å². The molecule has 7 nitrogen and oxygen atoms in total. The second-order valence-electron chi connectivity index (χ2n) is 5.86. The van der Waals surface area contributed by atoms with Crippen LogP contribution in [0.2, 0.25) is 0 Å². The fourth-order valence-electron chi connectivity index (χ4n) is 2.71. The van der Waals surface area contributed by atoms with E-state index in [0.29, 0.717) is 10.5 Å². The van der Waals surface area contributed by atoms with E-state index in [2.05, 4.69) is 4.98 Å². The molecule has 0 spiro atoms. The Hall–Kier alpha value is -3.59. The molecule has 2 heterocycles. The Kier molecular flexibility index (Phi) is 4.58. The van der Waals surface area contributed by atoms with Gasteiger partial charge in [0.2, 0.25) is 0 Å². The average Bonchev–Trinajstić information content (AvgIpc) is 3.36. The van der Waals surface area contributed by atoms with Crippen LogP contribution in [0.4, 0.5) is 15.2 Å². The number of fused-ring (bicyclic) bond motifs is 1. The van der Waals surface area contributed by atoms with Gasteiger partial charge in [-0.15, -0.1) is 0 Å². The second kappa shape index (κ2) is 7.20. The number of non-ortho nitro benzene ring substituents is 1. The van der Waals surface area contributed by atoms with Crippen molar-refractivity contribution >= 4 is 38.3 Å². The maximum Gasteiger partial charge on any atom is 0.270 e. The molecule has 4 aromatic rings. The molecule has 0 saturated heterocycles. The van der Waals surface area contributed by atoms with Crippen LogP contribution in [-0.4, -0.2) is 15.8 Å². The summed E-state index contributed by atoms with van der Waals surface area (Å²) in [5.74, 6) is -0.487. The summed E-state index contributed by atoms with van der Waals surface area (Å²) in [4.78, 5) is 29.2. The third-order valence-electron chi connectivity index (χ3n) is 4.03. The summed E-state index contributed by atoms with van der Waals surface area (Å²) < 4.78 is 20.0. The number of halogens is 1. The minimum absolute atomic E-state index is 0.0516. The van der Waals surface area contributed by atoms with E-state index in [1.807, 2.05) is 0 Å². The predicted molar refractivity (Wildman–Crippen MR) is 102 cm³/mol. The molecule has 0 aliphatic rings. The average molecular weight is 397 g/mol. The van der Waals surface area contributed by atoms with Crippen LogP contribution < -0.4 is 4.90 Å².